The fourth-order valence-electron chi connectivity index (χ4n) is 7.99. The van der Waals surface area contributed by atoms with Crippen LogP contribution in [0.5, 0.6) is 6.01 Å². The second-order valence-electron chi connectivity index (χ2n) is 15.2. The number of nitrogen functional groups attached to an aromatic ring is 1. The third-order valence-electron chi connectivity index (χ3n) is 10.7. The zero-order valence-corrected chi connectivity index (χ0v) is 31.2. The first-order valence-corrected chi connectivity index (χ1v) is 18.4. The monoisotopic (exact) mass is 777 g/mol. The molecule has 0 aliphatic carbocycles. The number of pyridine rings is 1. The van der Waals surface area contributed by atoms with Crippen molar-refractivity contribution in [3.8, 4) is 17.3 Å². The molecule has 55 heavy (non-hydrogen) atoms. The smallest absolute Gasteiger partial charge is 0.319 e. The van der Waals surface area contributed by atoms with E-state index in [-0.39, 0.29) is 74.5 Å². The first-order valence-electron chi connectivity index (χ1n) is 18.0. The van der Waals surface area contributed by atoms with Gasteiger partial charge in [-0.2, -0.15) is 15.0 Å². The molecule has 3 aliphatic rings. The van der Waals surface area contributed by atoms with E-state index in [0.717, 1.165) is 19.4 Å². The summed E-state index contributed by atoms with van der Waals surface area (Å²) in [7, 11) is 1.79. The van der Waals surface area contributed by atoms with Crippen LogP contribution >= 0.6 is 11.6 Å². The number of benzene rings is 2. The second kappa shape index (κ2) is 13.9. The number of alkyl halides is 1. The number of carbonyl (C=O) groups excluding carboxylic acids is 1. The minimum atomic E-state index is -1.29. The highest BCUT2D eigenvalue weighted by Crippen LogP contribution is 2.43. The highest BCUT2D eigenvalue weighted by molar-refractivity contribution is 6.34. The second-order valence-corrected chi connectivity index (χ2v) is 15.6. The summed E-state index contributed by atoms with van der Waals surface area (Å²) in [6.45, 7) is 5.55. The molecule has 0 saturated carbocycles. The third kappa shape index (κ3) is 6.91. The van der Waals surface area contributed by atoms with Gasteiger partial charge < -0.3 is 29.9 Å². The number of nitrogens with two attached hydrogens (primary N) is 1. The van der Waals surface area contributed by atoms with E-state index in [0.29, 0.717) is 43.8 Å². The lowest BCUT2D eigenvalue weighted by Crippen LogP contribution is -2.53. The number of hydrogen-bond donors (Lipinski definition) is 2. The molecule has 8 rings (SSSR count). The van der Waals surface area contributed by atoms with Crippen LogP contribution in [-0.2, 0) is 10.4 Å². The Morgan fingerprint density at radius 3 is 2.76 bits per heavy atom. The first kappa shape index (κ1) is 36.9. The quantitative estimate of drug-likeness (QED) is 0.171. The van der Waals surface area contributed by atoms with E-state index in [9.17, 15) is 14.3 Å². The minimum absolute atomic E-state index is 0.0262. The van der Waals surface area contributed by atoms with Crippen LogP contribution in [0, 0.1) is 17.6 Å². The summed E-state index contributed by atoms with van der Waals surface area (Å²) in [6, 6.07) is 7.34. The van der Waals surface area contributed by atoms with Gasteiger partial charge in [-0.1, -0.05) is 28.9 Å². The molecule has 17 heteroatoms. The Hall–Kier alpha value is -5.06. The fourth-order valence-corrected chi connectivity index (χ4v) is 8.27. The predicted octanol–water partition coefficient (Wildman–Crippen LogP) is 5.53. The van der Waals surface area contributed by atoms with Gasteiger partial charge in [0.1, 0.15) is 41.3 Å². The molecule has 2 aromatic carbocycles. The summed E-state index contributed by atoms with van der Waals surface area (Å²) in [5, 5.41) is 14.5. The average molecular weight is 778 g/mol. The van der Waals surface area contributed by atoms with Crippen LogP contribution in [0.2, 0.25) is 5.02 Å². The molecule has 3 aromatic heterocycles. The number of hydrogen-bond acceptors (Lipinski definition) is 12. The van der Waals surface area contributed by atoms with Crippen LogP contribution in [0.3, 0.4) is 0 Å². The number of rotatable bonds is 10. The Morgan fingerprint density at radius 2 is 2.00 bits per heavy atom. The maximum Gasteiger partial charge on any atom is 0.319 e. The van der Waals surface area contributed by atoms with E-state index in [1.165, 1.54) is 50.3 Å². The number of anilines is 2. The topological polar surface area (TPSA) is 160 Å². The summed E-state index contributed by atoms with van der Waals surface area (Å²) < 4.78 is 58.2. The van der Waals surface area contributed by atoms with Crippen molar-refractivity contribution in [3.63, 3.8) is 0 Å². The SMILES string of the molecule is CN(CC1CN(C(=O)/C=C/c2nc(C(C)(C)O)no2)C1)c1nc(OC[C@@]23CCCN2C[C@H](F)C3)nc2c(F)c(-c3nc(N)cc4cccc(F)c34)c(Cl)cc12. The highest BCUT2D eigenvalue weighted by Gasteiger charge is 2.49. The van der Waals surface area contributed by atoms with Crippen molar-refractivity contribution >= 4 is 56.9 Å². The zero-order chi connectivity index (χ0) is 38.8. The van der Waals surface area contributed by atoms with Crippen LogP contribution in [0.4, 0.5) is 24.8 Å². The van der Waals surface area contributed by atoms with E-state index in [2.05, 4.69) is 25.0 Å². The number of halogens is 4. The molecule has 0 spiro atoms. The molecule has 0 unspecified atom stereocenters. The molecule has 2 atom stereocenters. The van der Waals surface area contributed by atoms with E-state index in [4.69, 9.17) is 31.6 Å². The highest BCUT2D eigenvalue weighted by atomic mass is 35.5. The van der Waals surface area contributed by atoms with Crippen molar-refractivity contribution in [1.82, 2.24) is 34.9 Å². The summed E-state index contributed by atoms with van der Waals surface area (Å²) in [5.74, 6) is -1.14. The maximum atomic E-state index is 17.0. The molecule has 3 N–H and O–H groups in total. The predicted molar refractivity (Wildman–Crippen MR) is 200 cm³/mol. The largest absolute Gasteiger partial charge is 0.461 e. The van der Waals surface area contributed by atoms with E-state index >= 15 is 8.78 Å². The van der Waals surface area contributed by atoms with Crippen molar-refractivity contribution in [2.45, 2.75) is 50.4 Å². The fraction of sp³-hybridized carbons (Fsp3) is 0.421. The molecular weight excluding hydrogens is 739 g/mol. The number of aliphatic hydroxyl groups is 1. The van der Waals surface area contributed by atoms with Gasteiger partial charge in [0, 0.05) is 68.5 Å². The van der Waals surface area contributed by atoms with Gasteiger partial charge in [0.05, 0.1) is 21.8 Å². The summed E-state index contributed by atoms with van der Waals surface area (Å²) in [4.78, 5) is 36.1. The molecule has 13 nitrogen and oxygen atoms in total. The van der Waals surface area contributed by atoms with Gasteiger partial charge in [0.25, 0.3) is 5.89 Å². The molecule has 0 radical (unpaired) electrons. The Labute approximate surface area is 318 Å². The van der Waals surface area contributed by atoms with Crippen molar-refractivity contribution in [2.24, 2.45) is 5.92 Å². The zero-order valence-electron chi connectivity index (χ0n) is 30.4. The van der Waals surface area contributed by atoms with E-state index < -0.39 is 28.9 Å². The van der Waals surface area contributed by atoms with Crippen LogP contribution in [0.15, 0.2) is 40.9 Å². The summed E-state index contributed by atoms with van der Waals surface area (Å²) in [5.41, 5.74) is 3.92. The van der Waals surface area contributed by atoms with Gasteiger partial charge in [-0.05, 0) is 56.8 Å². The molecular formula is C38H39ClF3N9O4. The van der Waals surface area contributed by atoms with E-state index in [1.807, 2.05) is 4.90 Å². The van der Waals surface area contributed by atoms with Crippen LogP contribution in [0.1, 0.15) is 44.8 Å². The molecule has 3 fully saturated rings. The minimum Gasteiger partial charge on any atom is -0.461 e. The first-order chi connectivity index (χ1) is 26.2. The van der Waals surface area contributed by atoms with Gasteiger partial charge in [-0.25, -0.2) is 18.2 Å². The number of likely N-dealkylation sites (tertiary alicyclic amines) is 1. The van der Waals surface area contributed by atoms with Gasteiger partial charge >= 0.3 is 6.01 Å². The third-order valence-corrected chi connectivity index (χ3v) is 11.0. The molecule has 6 heterocycles. The van der Waals surface area contributed by atoms with Crippen LogP contribution in [0.25, 0.3) is 39.0 Å². The van der Waals surface area contributed by atoms with Gasteiger partial charge in [0.15, 0.2) is 5.82 Å². The molecule has 0 bridgehead atoms. The van der Waals surface area contributed by atoms with Gasteiger partial charge in [0.2, 0.25) is 11.7 Å². The number of ether oxygens (including phenoxy) is 1. The molecule has 3 aliphatic heterocycles. The maximum absolute atomic E-state index is 17.0. The van der Waals surface area contributed by atoms with Crippen molar-refractivity contribution in [1.29, 1.82) is 0 Å². The van der Waals surface area contributed by atoms with E-state index in [1.54, 1.807) is 18.0 Å². The molecule has 5 aromatic rings. The number of amides is 1. The lowest BCUT2D eigenvalue weighted by atomic mass is 9.95. The molecule has 288 valence electrons. The van der Waals surface area contributed by atoms with Crippen molar-refractivity contribution < 1.29 is 32.3 Å². The Balaban J connectivity index is 1.09. The lowest BCUT2D eigenvalue weighted by Gasteiger charge is -2.40. The molecule has 3 saturated heterocycles. The van der Waals surface area contributed by atoms with Crippen molar-refractivity contribution in [3.05, 3.63) is 64.8 Å². The lowest BCUT2D eigenvalue weighted by molar-refractivity contribution is -0.131. The Kier molecular flexibility index (Phi) is 9.33. The number of carbonyl (C=O) groups is 1. The standard InChI is InChI=1S/C38H39ClF3N9O4/c1-37(2,53)35-45-27(55-48-35)8-9-28(52)50-16-20(17-50)15-49(3)34-23-13-24(39)30(33-29-21(12-26(43)44-33)6-4-7-25(29)41)31(42)32(23)46-36(47-34)54-19-38-10-5-11-51(38)18-22(40)14-38/h4,6-9,12-13,20,22,53H,5,10-11,14-19H2,1-3H3,(H2,43,44)/b9-8+/t22-,38+/m1/s1. The van der Waals surface area contributed by atoms with Crippen molar-refractivity contribution in [2.75, 3.05) is 57.0 Å². The Bertz CT molecular complexity index is 2350. The summed E-state index contributed by atoms with van der Waals surface area (Å²) in [6.07, 6.45) is 3.74. The Morgan fingerprint density at radius 1 is 1.20 bits per heavy atom. The summed E-state index contributed by atoms with van der Waals surface area (Å²) >= 11 is 6.81. The normalized spacial score (nSPS) is 20.5. The number of fused-ring (bicyclic) bond motifs is 3. The number of aromatic nitrogens is 5. The molecule has 1 amide bonds. The van der Waals surface area contributed by atoms with Crippen LogP contribution < -0.4 is 15.4 Å². The van der Waals surface area contributed by atoms with Gasteiger partial charge in [-0.15, -0.1) is 0 Å². The van der Waals surface area contributed by atoms with Crippen LogP contribution in [-0.4, -0.2) is 104 Å². The van der Waals surface area contributed by atoms with Gasteiger partial charge in [-0.3, -0.25) is 9.69 Å². The number of nitrogens with zero attached hydrogens (tertiary/aromatic N) is 8. The average Bonchev–Trinajstić information content (AvgIpc) is 3.82.